The second-order valence-corrected chi connectivity index (χ2v) is 11.8. The SMILES string of the molecule is COc1cc(COc2ccc(Cl)cc2/C=N/NC(=O)c2ccc(-c3csc(Nc4ccccc4)n3)cc2)ccc1OCc1ccccc1. The molecule has 1 amide bonds. The lowest BCUT2D eigenvalue weighted by Crippen LogP contribution is -2.17. The summed E-state index contributed by atoms with van der Waals surface area (Å²) in [6, 6.07) is 37.9. The van der Waals surface area contributed by atoms with E-state index in [9.17, 15) is 4.79 Å². The fourth-order valence-corrected chi connectivity index (χ4v) is 5.62. The van der Waals surface area contributed by atoms with Gasteiger partial charge in [-0.15, -0.1) is 11.3 Å². The number of aromatic nitrogens is 1. The first-order valence-electron chi connectivity index (χ1n) is 15.0. The summed E-state index contributed by atoms with van der Waals surface area (Å²) in [5.41, 5.74) is 8.29. The number of carbonyl (C=O) groups excluding carboxylic acids is 1. The number of amides is 1. The zero-order valence-corrected chi connectivity index (χ0v) is 27.5. The number of hydrazone groups is 1. The monoisotopic (exact) mass is 674 g/mol. The average Bonchev–Trinajstić information content (AvgIpc) is 3.59. The molecule has 6 rings (SSSR count). The molecular formula is C38H31ClN4O4S. The van der Waals surface area contributed by atoms with Gasteiger partial charge < -0.3 is 19.5 Å². The molecule has 0 aliphatic carbocycles. The number of ether oxygens (including phenoxy) is 3. The molecule has 0 radical (unpaired) electrons. The van der Waals surface area contributed by atoms with Crippen molar-refractivity contribution in [2.75, 3.05) is 12.4 Å². The molecule has 0 aliphatic heterocycles. The Morgan fingerprint density at radius 3 is 2.29 bits per heavy atom. The zero-order valence-electron chi connectivity index (χ0n) is 25.9. The highest BCUT2D eigenvalue weighted by Gasteiger charge is 2.11. The highest BCUT2D eigenvalue weighted by Crippen LogP contribution is 2.30. The summed E-state index contributed by atoms with van der Waals surface area (Å²) in [6.45, 7) is 0.697. The van der Waals surface area contributed by atoms with E-state index in [1.807, 2.05) is 96.4 Å². The van der Waals surface area contributed by atoms with Crippen molar-refractivity contribution in [1.82, 2.24) is 10.4 Å². The van der Waals surface area contributed by atoms with Crippen LogP contribution in [-0.4, -0.2) is 24.2 Å². The van der Waals surface area contributed by atoms with Gasteiger partial charge in [0.25, 0.3) is 5.91 Å². The van der Waals surface area contributed by atoms with Crippen LogP contribution in [0.5, 0.6) is 17.2 Å². The van der Waals surface area contributed by atoms with Gasteiger partial charge in [-0.25, -0.2) is 10.4 Å². The Morgan fingerprint density at radius 1 is 0.812 bits per heavy atom. The van der Waals surface area contributed by atoms with Crippen molar-refractivity contribution in [2.45, 2.75) is 13.2 Å². The lowest BCUT2D eigenvalue weighted by atomic mass is 10.1. The first-order valence-corrected chi connectivity index (χ1v) is 16.3. The molecule has 0 saturated heterocycles. The Morgan fingerprint density at radius 2 is 1.52 bits per heavy atom. The lowest BCUT2D eigenvalue weighted by molar-refractivity contribution is 0.0955. The van der Waals surface area contributed by atoms with Gasteiger partial charge in [-0.2, -0.15) is 5.10 Å². The van der Waals surface area contributed by atoms with Gasteiger partial charge >= 0.3 is 0 Å². The minimum atomic E-state index is -0.353. The van der Waals surface area contributed by atoms with Crippen LogP contribution in [-0.2, 0) is 13.2 Å². The van der Waals surface area contributed by atoms with Crippen molar-refractivity contribution >= 4 is 45.9 Å². The number of hydrogen-bond donors (Lipinski definition) is 2. The Hall–Kier alpha value is -5.64. The first kappa shape index (κ1) is 32.3. The van der Waals surface area contributed by atoms with Crippen molar-refractivity contribution < 1.29 is 19.0 Å². The molecule has 0 atom stereocenters. The van der Waals surface area contributed by atoms with Gasteiger partial charge in [0.2, 0.25) is 0 Å². The maximum absolute atomic E-state index is 12.8. The molecule has 0 aliphatic rings. The minimum absolute atomic E-state index is 0.263. The second kappa shape index (κ2) is 15.8. The smallest absolute Gasteiger partial charge is 0.271 e. The van der Waals surface area contributed by atoms with Crippen LogP contribution in [0.25, 0.3) is 11.3 Å². The van der Waals surface area contributed by atoms with E-state index in [1.165, 1.54) is 17.6 Å². The van der Waals surface area contributed by atoms with E-state index < -0.39 is 0 Å². The predicted molar refractivity (Wildman–Crippen MR) is 192 cm³/mol. The molecule has 2 N–H and O–H groups in total. The van der Waals surface area contributed by atoms with Crippen molar-refractivity contribution in [1.29, 1.82) is 0 Å². The fraction of sp³-hybridized carbons (Fsp3) is 0.0789. The van der Waals surface area contributed by atoms with Crippen LogP contribution in [0.3, 0.4) is 0 Å². The summed E-state index contributed by atoms with van der Waals surface area (Å²) >= 11 is 7.78. The van der Waals surface area contributed by atoms with Gasteiger partial charge in [-0.3, -0.25) is 4.79 Å². The van der Waals surface area contributed by atoms with Crippen LogP contribution in [0.1, 0.15) is 27.0 Å². The molecule has 0 fully saturated rings. The average molecular weight is 675 g/mol. The van der Waals surface area contributed by atoms with E-state index in [1.54, 1.807) is 37.4 Å². The molecule has 6 aromatic rings. The Bertz CT molecular complexity index is 2000. The van der Waals surface area contributed by atoms with Gasteiger partial charge in [0, 0.05) is 32.8 Å². The molecule has 0 bridgehead atoms. The number of thiazole rings is 1. The van der Waals surface area contributed by atoms with Crippen LogP contribution in [0.15, 0.2) is 132 Å². The van der Waals surface area contributed by atoms with Crippen molar-refractivity contribution in [2.24, 2.45) is 5.10 Å². The third kappa shape index (κ3) is 8.58. The summed E-state index contributed by atoms with van der Waals surface area (Å²) in [4.78, 5) is 17.5. The zero-order chi connectivity index (χ0) is 33.1. The normalized spacial score (nSPS) is 10.9. The summed E-state index contributed by atoms with van der Waals surface area (Å²) in [5.74, 6) is 1.45. The minimum Gasteiger partial charge on any atom is -0.493 e. The van der Waals surface area contributed by atoms with Gasteiger partial charge in [-0.1, -0.05) is 78.3 Å². The highest BCUT2D eigenvalue weighted by atomic mass is 35.5. The molecule has 1 aromatic heterocycles. The largest absolute Gasteiger partial charge is 0.493 e. The summed E-state index contributed by atoms with van der Waals surface area (Å²) in [5, 5.41) is 10.7. The standard InChI is InChI=1S/C38H31ClN4O4S/c1-45-36-20-27(12-18-35(36)47-23-26-8-4-2-5-9-26)24-46-34-19-17-31(39)21-30(34)22-40-43-37(44)29-15-13-28(14-16-29)33-25-48-38(42-33)41-32-10-6-3-7-11-32/h2-22,25H,23-24H2,1H3,(H,41,42)(H,43,44)/b40-22+. The van der Waals surface area contributed by atoms with E-state index in [0.717, 1.165) is 33.2 Å². The summed E-state index contributed by atoms with van der Waals surface area (Å²) in [7, 11) is 1.60. The van der Waals surface area contributed by atoms with Gasteiger partial charge in [-0.05, 0) is 65.7 Å². The Kier molecular flexibility index (Phi) is 10.6. The molecule has 0 spiro atoms. The topological polar surface area (TPSA) is 94.1 Å². The molecule has 48 heavy (non-hydrogen) atoms. The maximum atomic E-state index is 12.8. The number of nitrogens with zero attached hydrogens (tertiary/aromatic N) is 2. The van der Waals surface area contributed by atoms with Crippen LogP contribution in [0.4, 0.5) is 10.8 Å². The van der Waals surface area contributed by atoms with Crippen LogP contribution in [0, 0.1) is 0 Å². The molecule has 10 heteroatoms. The number of halogens is 1. The molecule has 240 valence electrons. The van der Waals surface area contributed by atoms with Gasteiger partial charge in [0.1, 0.15) is 19.0 Å². The Balaban J connectivity index is 1.05. The van der Waals surface area contributed by atoms with E-state index in [4.69, 9.17) is 25.8 Å². The third-order valence-corrected chi connectivity index (χ3v) is 8.17. The van der Waals surface area contributed by atoms with Crippen LogP contribution < -0.4 is 25.0 Å². The first-order chi connectivity index (χ1) is 23.5. The molecule has 0 unspecified atom stereocenters. The lowest BCUT2D eigenvalue weighted by Gasteiger charge is -2.14. The van der Waals surface area contributed by atoms with Crippen LogP contribution >= 0.6 is 22.9 Å². The number of carbonyl (C=O) groups is 1. The maximum Gasteiger partial charge on any atom is 0.271 e. The third-order valence-electron chi connectivity index (χ3n) is 7.17. The van der Waals surface area contributed by atoms with Crippen molar-refractivity contribution in [3.8, 4) is 28.5 Å². The van der Waals surface area contributed by atoms with Crippen molar-refractivity contribution in [3.05, 3.63) is 154 Å². The molecule has 0 saturated carbocycles. The highest BCUT2D eigenvalue weighted by molar-refractivity contribution is 7.14. The quantitative estimate of drug-likeness (QED) is 0.0937. The van der Waals surface area contributed by atoms with Gasteiger partial charge in [0.05, 0.1) is 19.0 Å². The number of hydrogen-bond acceptors (Lipinski definition) is 8. The molecular weight excluding hydrogens is 644 g/mol. The van der Waals surface area contributed by atoms with Crippen LogP contribution in [0.2, 0.25) is 5.02 Å². The number of benzene rings is 5. The summed E-state index contributed by atoms with van der Waals surface area (Å²) in [6.07, 6.45) is 1.51. The number of methoxy groups -OCH3 is 1. The number of para-hydroxylation sites is 1. The Labute approximate surface area is 287 Å². The number of nitrogens with one attached hydrogen (secondary N) is 2. The van der Waals surface area contributed by atoms with Crippen molar-refractivity contribution in [3.63, 3.8) is 0 Å². The van der Waals surface area contributed by atoms with E-state index in [0.29, 0.717) is 40.0 Å². The number of anilines is 2. The summed E-state index contributed by atoms with van der Waals surface area (Å²) < 4.78 is 17.6. The number of rotatable bonds is 13. The molecule has 1 heterocycles. The molecule has 5 aromatic carbocycles. The van der Waals surface area contributed by atoms with Gasteiger partial charge in [0.15, 0.2) is 16.6 Å². The van der Waals surface area contributed by atoms with E-state index in [-0.39, 0.29) is 12.5 Å². The fourth-order valence-electron chi connectivity index (χ4n) is 4.70. The predicted octanol–water partition coefficient (Wildman–Crippen LogP) is 9.14. The molecule has 8 nitrogen and oxygen atoms in total. The van der Waals surface area contributed by atoms with E-state index in [2.05, 4.69) is 20.8 Å². The second-order valence-electron chi connectivity index (χ2n) is 10.5. The van der Waals surface area contributed by atoms with E-state index >= 15 is 0 Å².